The molecule has 7 heteroatoms. The smallest absolute Gasteiger partial charge is 0.164 e. The molecule has 1 aliphatic rings. The molecule has 0 atom stereocenters. The summed E-state index contributed by atoms with van der Waals surface area (Å²) in [5.74, 6) is 1.15. The Balaban J connectivity index is 2.13. The summed E-state index contributed by atoms with van der Waals surface area (Å²) in [6, 6.07) is 0. The van der Waals surface area contributed by atoms with E-state index in [0.717, 1.165) is 5.69 Å². The molecule has 1 aliphatic heterocycles. The molecule has 0 aliphatic carbocycles. The molecule has 16 heavy (non-hydrogen) atoms. The van der Waals surface area contributed by atoms with Crippen LogP contribution in [0.4, 0.5) is 0 Å². The summed E-state index contributed by atoms with van der Waals surface area (Å²) in [4.78, 5) is 4.27. The van der Waals surface area contributed by atoms with E-state index in [1.807, 2.05) is 0 Å². The van der Waals surface area contributed by atoms with Crippen LogP contribution in [0.2, 0.25) is 0 Å². The van der Waals surface area contributed by atoms with Gasteiger partial charge in [0.15, 0.2) is 5.82 Å². The van der Waals surface area contributed by atoms with Crippen LogP contribution < -0.4 is 5.73 Å². The van der Waals surface area contributed by atoms with E-state index < -0.39 is 9.84 Å². The van der Waals surface area contributed by atoms with Crippen molar-refractivity contribution in [3.8, 4) is 0 Å². The minimum absolute atomic E-state index is 0.171. The number of sulfone groups is 1. The van der Waals surface area contributed by atoms with Gasteiger partial charge in [-0.2, -0.15) is 5.10 Å². The lowest BCUT2D eigenvalue weighted by atomic mass is 9.99. The van der Waals surface area contributed by atoms with Crippen LogP contribution in [0.3, 0.4) is 0 Å². The number of nitrogens with two attached hydrogens (primary N) is 1. The third-order valence-corrected chi connectivity index (χ3v) is 4.49. The van der Waals surface area contributed by atoms with Gasteiger partial charge in [0, 0.05) is 5.92 Å². The Hall–Kier alpha value is -1.08. The molecule has 2 N–H and O–H groups in total. The van der Waals surface area contributed by atoms with Gasteiger partial charge in [-0.15, -0.1) is 5.10 Å². The van der Waals surface area contributed by atoms with Crippen LogP contribution in [-0.2, 0) is 16.4 Å². The Morgan fingerprint density at radius 1 is 1.38 bits per heavy atom. The van der Waals surface area contributed by atoms with Gasteiger partial charge in [0.2, 0.25) is 0 Å². The van der Waals surface area contributed by atoms with Crippen molar-refractivity contribution in [3.63, 3.8) is 0 Å². The van der Waals surface area contributed by atoms with Crippen LogP contribution in [0.5, 0.6) is 0 Å². The maximum absolute atomic E-state index is 11.3. The second-order valence-electron chi connectivity index (χ2n) is 3.93. The summed E-state index contributed by atoms with van der Waals surface area (Å²) in [5.41, 5.74) is 6.24. The fourth-order valence-corrected chi connectivity index (χ4v) is 3.32. The van der Waals surface area contributed by atoms with Gasteiger partial charge in [-0.25, -0.2) is 13.4 Å². The third kappa shape index (κ3) is 2.53. The molecule has 2 heterocycles. The van der Waals surface area contributed by atoms with Crippen molar-refractivity contribution in [2.45, 2.75) is 25.3 Å². The molecule has 1 aromatic rings. The van der Waals surface area contributed by atoms with Gasteiger partial charge in [0.25, 0.3) is 0 Å². The van der Waals surface area contributed by atoms with Gasteiger partial charge < -0.3 is 5.73 Å². The highest BCUT2D eigenvalue weighted by molar-refractivity contribution is 7.91. The number of hydrogen-bond acceptors (Lipinski definition) is 6. The standard InChI is InChI=1S/C9H14N4O2S/c10-5-9-12-8(6-11-13-9)7-1-3-16(14,15)4-2-7/h6-7H,1-5,10H2. The van der Waals surface area contributed by atoms with E-state index in [2.05, 4.69) is 15.2 Å². The van der Waals surface area contributed by atoms with E-state index in [1.165, 1.54) is 0 Å². The van der Waals surface area contributed by atoms with Crippen LogP contribution in [0, 0.1) is 0 Å². The fourth-order valence-electron chi connectivity index (χ4n) is 1.82. The first kappa shape index (κ1) is 11.4. The van der Waals surface area contributed by atoms with Crippen LogP contribution in [0.25, 0.3) is 0 Å². The van der Waals surface area contributed by atoms with E-state index in [-0.39, 0.29) is 24.0 Å². The molecule has 1 saturated heterocycles. The molecular formula is C9H14N4O2S. The average molecular weight is 242 g/mol. The summed E-state index contributed by atoms with van der Waals surface area (Å²) in [5, 5.41) is 7.60. The number of nitrogens with zero attached hydrogens (tertiary/aromatic N) is 3. The van der Waals surface area contributed by atoms with Crippen LogP contribution in [0.1, 0.15) is 30.3 Å². The maximum atomic E-state index is 11.3. The average Bonchev–Trinajstić information content (AvgIpc) is 2.29. The highest BCUT2D eigenvalue weighted by Gasteiger charge is 2.25. The summed E-state index contributed by atoms with van der Waals surface area (Å²) in [6.07, 6.45) is 2.83. The molecule has 1 aromatic heterocycles. The lowest BCUT2D eigenvalue weighted by Gasteiger charge is -2.20. The minimum Gasteiger partial charge on any atom is -0.324 e. The number of aromatic nitrogens is 3. The molecule has 0 aromatic carbocycles. The van der Waals surface area contributed by atoms with Crippen molar-refractivity contribution in [1.82, 2.24) is 15.2 Å². The number of rotatable bonds is 2. The first-order valence-corrected chi connectivity index (χ1v) is 7.02. The summed E-state index contributed by atoms with van der Waals surface area (Å²) in [7, 11) is -2.83. The second kappa shape index (κ2) is 4.42. The largest absolute Gasteiger partial charge is 0.324 e. The second-order valence-corrected chi connectivity index (χ2v) is 6.23. The molecule has 0 spiro atoms. The lowest BCUT2D eigenvalue weighted by molar-refractivity contribution is 0.540. The summed E-state index contributed by atoms with van der Waals surface area (Å²) >= 11 is 0. The Labute approximate surface area is 94.2 Å². The minimum atomic E-state index is -2.83. The van der Waals surface area contributed by atoms with Crippen molar-refractivity contribution in [1.29, 1.82) is 0 Å². The van der Waals surface area contributed by atoms with Gasteiger partial charge in [-0.3, -0.25) is 0 Å². The maximum Gasteiger partial charge on any atom is 0.164 e. The molecule has 88 valence electrons. The topological polar surface area (TPSA) is 98.8 Å². The Morgan fingerprint density at radius 3 is 2.69 bits per heavy atom. The summed E-state index contributed by atoms with van der Waals surface area (Å²) < 4.78 is 22.6. The normalized spacial score (nSPS) is 20.8. The highest BCUT2D eigenvalue weighted by atomic mass is 32.2. The third-order valence-electron chi connectivity index (χ3n) is 2.78. The first-order chi connectivity index (χ1) is 7.61. The molecule has 1 fully saturated rings. The van der Waals surface area contributed by atoms with Gasteiger partial charge >= 0.3 is 0 Å². The molecule has 2 rings (SSSR count). The zero-order chi connectivity index (χ0) is 11.6. The van der Waals surface area contributed by atoms with E-state index in [0.29, 0.717) is 18.7 Å². The monoisotopic (exact) mass is 242 g/mol. The van der Waals surface area contributed by atoms with Gasteiger partial charge in [-0.1, -0.05) is 0 Å². The van der Waals surface area contributed by atoms with Crippen molar-refractivity contribution >= 4 is 9.84 Å². The van der Waals surface area contributed by atoms with E-state index >= 15 is 0 Å². The van der Waals surface area contributed by atoms with E-state index in [9.17, 15) is 8.42 Å². The van der Waals surface area contributed by atoms with Crippen LogP contribution in [0.15, 0.2) is 6.20 Å². The molecular weight excluding hydrogens is 228 g/mol. The predicted molar refractivity (Wildman–Crippen MR) is 58.3 cm³/mol. The molecule has 0 radical (unpaired) electrons. The zero-order valence-electron chi connectivity index (χ0n) is 8.83. The van der Waals surface area contributed by atoms with Gasteiger partial charge in [0.1, 0.15) is 9.84 Å². The molecule has 6 nitrogen and oxygen atoms in total. The zero-order valence-corrected chi connectivity index (χ0v) is 9.65. The first-order valence-electron chi connectivity index (χ1n) is 5.20. The quantitative estimate of drug-likeness (QED) is 0.759. The Kier molecular flexibility index (Phi) is 3.15. The van der Waals surface area contributed by atoms with Crippen molar-refractivity contribution in [3.05, 3.63) is 17.7 Å². The molecule has 0 saturated carbocycles. The van der Waals surface area contributed by atoms with Crippen molar-refractivity contribution in [2.75, 3.05) is 11.5 Å². The number of hydrogen-bond donors (Lipinski definition) is 1. The predicted octanol–water partition coefficient (Wildman–Crippen LogP) is -0.378. The van der Waals surface area contributed by atoms with E-state index in [1.54, 1.807) is 6.20 Å². The Morgan fingerprint density at radius 2 is 2.06 bits per heavy atom. The van der Waals surface area contributed by atoms with Crippen LogP contribution >= 0.6 is 0 Å². The molecule has 0 amide bonds. The Bertz CT molecular complexity index is 460. The SMILES string of the molecule is NCc1nncc(C2CCS(=O)(=O)CC2)n1. The van der Waals surface area contributed by atoms with Crippen LogP contribution in [-0.4, -0.2) is 35.1 Å². The van der Waals surface area contributed by atoms with Gasteiger partial charge in [0.05, 0.1) is 29.9 Å². The lowest BCUT2D eigenvalue weighted by Crippen LogP contribution is -2.23. The fraction of sp³-hybridized carbons (Fsp3) is 0.667. The molecule has 0 bridgehead atoms. The van der Waals surface area contributed by atoms with Crippen molar-refractivity contribution in [2.24, 2.45) is 5.73 Å². The summed E-state index contributed by atoms with van der Waals surface area (Å²) in [6.45, 7) is 0.256. The van der Waals surface area contributed by atoms with Crippen molar-refractivity contribution < 1.29 is 8.42 Å². The molecule has 0 unspecified atom stereocenters. The highest BCUT2D eigenvalue weighted by Crippen LogP contribution is 2.27. The van der Waals surface area contributed by atoms with E-state index in [4.69, 9.17) is 5.73 Å². The van der Waals surface area contributed by atoms with Gasteiger partial charge in [-0.05, 0) is 12.8 Å².